The van der Waals surface area contributed by atoms with Crippen LogP contribution >= 0.6 is 0 Å². The smallest absolute Gasteiger partial charge is 0.241 e. The van der Waals surface area contributed by atoms with Crippen molar-refractivity contribution in [2.24, 2.45) is 0 Å². The fourth-order valence-corrected chi connectivity index (χ4v) is 3.38. The quantitative estimate of drug-likeness (QED) is 0.837. The zero-order valence-electron chi connectivity index (χ0n) is 15.3. The van der Waals surface area contributed by atoms with Crippen LogP contribution in [0.25, 0.3) is 11.1 Å². The van der Waals surface area contributed by atoms with Crippen LogP contribution in [-0.2, 0) is 4.79 Å². The third kappa shape index (κ3) is 4.49. The van der Waals surface area contributed by atoms with Crippen molar-refractivity contribution in [2.45, 2.75) is 13.0 Å². The second-order valence-corrected chi connectivity index (χ2v) is 6.68. The summed E-state index contributed by atoms with van der Waals surface area (Å²) in [6.45, 7) is 6.31. The molecule has 1 heterocycles. The van der Waals surface area contributed by atoms with E-state index < -0.39 is 0 Å². The van der Waals surface area contributed by atoms with E-state index in [4.69, 9.17) is 5.11 Å². The Labute approximate surface area is 155 Å². The molecule has 0 bridgehead atoms. The summed E-state index contributed by atoms with van der Waals surface area (Å²) in [7, 11) is 0. The number of hydrogen-bond acceptors (Lipinski definition) is 4. The standard InChI is InChI=1S/C21H27N3O2/c1-17(24-13-11-23(12-14-24)15-16-25)21(26)22-20-10-6-5-9-19(20)18-7-3-2-4-8-18/h2-10,17,25H,11-16H2,1H3,(H,22,26). The number of carbonyl (C=O) groups excluding carboxylic acids is 1. The minimum Gasteiger partial charge on any atom is -0.395 e. The summed E-state index contributed by atoms with van der Waals surface area (Å²) in [5.74, 6) is 0.0176. The topological polar surface area (TPSA) is 55.8 Å². The fraction of sp³-hybridized carbons (Fsp3) is 0.381. The third-order valence-corrected chi connectivity index (χ3v) is 5.02. The lowest BCUT2D eigenvalue weighted by atomic mass is 10.0. The van der Waals surface area contributed by atoms with Gasteiger partial charge in [-0.05, 0) is 18.6 Å². The van der Waals surface area contributed by atoms with Gasteiger partial charge in [-0.25, -0.2) is 0 Å². The van der Waals surface area contributed by atoms with Crippen LogP contribution < -0.4 is 5.32 Å². The number of piperazine rings is 1. The maximum atomic E-state index is 12.8. The summed E-state index contributed by atoms with van der Waals surface area (Å²) in [5, 5.41) is 12.2. The van der Waals surface area contributed by atoms with Gasteiger partial charge in [-0.3, -0.25) is 14.6 Å². The summed E-state index contributed by atoms with van der Waals surface area (Å²) in [4.78, 5) is 17.2. The predicted molar refractivity (Wildman–Crippen MR) is 105 cm³/mol. The van der Waals surface area contributed by atoms with Crippen molar-refractivity contribution >= 4 is 11.6 Å². The molecule has 0 spiro atoms. The molecule has 138 valence electrons. The van der Waals surface area contributed by atoms with Crippen LogP contribution in [0.15, 0.2) is 54.6 Å². The molecule has 0 aliphatic carbocycles. The second-order valence-electron chi connectivity index (χ2n) is 6.68. The maximum Gasteiger partial charge on any atom is 0.241 e. The Morgan fingerprint density at radius 3 is 2.38 bits per heavy atom. The largest absolute Gasteiger partial charge is 0.395 e. The van der Waals surface area contributed by atoms with Crippen molar-refractivity contribution in [1.82, 2.24) is 9.80 Å². The minimum absolute atomic E-state index is 0.0176. The molecular weight excluding hydrogens is 326 g/mol. The van der Waals surface area contributed by atoms with Crippen LogP contribution in [-0.4, -0.2) is 66.2 Å². The molecule has 26 heavy (non-hydrogen) atoms. The van der Waals surface area contributed by atoms with Crippen molar-refractivity contribution < 1.29 is 9.90 Å². The van der Waals surface area contributed by atoms with E-state index in [-0.39, 0.29) is 18.6 Å². The number of anilines is 1. The molecule has 2 N–H and O–H groups in total. The predicted octanol–water partition coefficient (Wildman–Crippen LogP) is 2.29. The zero-order valence-corrected chi connectivity index (χ0v) is 15.3. The number of aliphatic hydroxyl groups excluding tert-OH is 1. The normalized spacial score (nSPS) is 17.0. The molecule has 1 aliphatic rings. The molecule has 2 aromatic carbocycles. The summed E-state index contributed by atoms with van der Waals surface area (Å²) in [6, 6.07) is 17.8. The van der Waals surface area contributed by atoms with Gasteiger partial charge in [-0.2, -0.15) is 0 Å². The van der Waals surface area contributed by atoms with Gasteiger partial charge in [-0.15, -0.1) is 0 Å². The van der Waals surface area contributed by atoms with Gasteiger partial charge in [0.1, 0.15) is 0 Å². The van der Waals surface area contributed by atoms with E-state index in [1.807, 2.05) is 49.4 Å². The Kier molecular flexibility index (Phi) is 6.39. The van der Waals surface area contributed by atoms with Gasteiger partial charge in [0.15, 0.2) is 0 Å². The number of nitrogens with one attached hydrogen (secondary N) is 1. The summed E-state index contributed by atoms with van der Waals surface area (Å²) < 4.78 is 0. The highest BCUT2D eigenvalue weighted by molar-refractivity contribution is 5.98. The monoisotopic (exact) mass is 353 g/mol. The molecule has 3 rings (SSSR count). The van der Waals surface area contributed by atoms with Crippen molar-refractivity contribution in [1.29, 1.82) is 0 Å². The Bertz CT molecular complexity index is 712. The Balaban J connectivity index is 1.65. The van der Waals surface area contributed by atoms with Crippen molar-refractivity contribution in [3.05, 3.63) is 54.6 Å². The van der Waals surface area contributed by atoms with Gasteiger partial charge >= 0.3 is 0 Å². The van der Waals surface area contributed by atoms with E-state index in [0.717, 1.165) is 43.0 Å². The van der Waals surface area contributed by atoms with Crippen molar-refractivity contribution in [2.75, 3.05) is 44.6 Å². The van der Waals surface area contributed by atoms with Crippen LogP contribution in [0.2, 0.25) is 0 Å². The van der Waals surface area contributed by atoms with Crippen molar-refractivity contribution in [3.63, 3.8) is 0 Å². The highest BCUT2D eigenvalue weighted by Gasteiger charge is 2.25. The van der Waals surface area contributed by atoms with Gasteiger partial charge in [0, 0.05) is 44.0 Å². The molecule has 1 atom stereocenters. The average Bonchev–Trinajstić information content (AvgIpc) is 2.69. The molecule has 0 radical (unpaired) electrons. The summed E-state index contributed by atoms with van der Waals surface area (Å²) in [5.41, 5.74) is 2.96. The molecule has 1 aliphatic heterocycles. The number of para-hydroxylation sites is 1. The highest BCUT2D eigenvalue weighted by Crippen LogP contribution is 2.27. The fourth-order valence-electron chi connectivity index (χ4n) is 3.38. The molecular formula is C21H27N3O2. The van der Waals surface area contributed by atoms with Crippen LogP contribution in [0.4, 0.5) is 5.69 Å². The minimum atomic E-state index is -0.185. The number of rotatable bonds is 6. The number of aliphatic hydroxyl groups is 1. The molecule has 0 aromatic heterocycles. The first-order valence-corrected chi connectivity index (χ1v) is 9.21. The van der Waals surface area contributed by atoms with Crippen LogP contribution in [0.1, 0.15) is 6.92 Å². The number of amides is 1. The number of hydrogen-bond donors (Lipinski definition) is 2. The molecule has 5 heteroatoms. The number of benzene rings is 2. The average molecular weight is 353 g/mol. The van der Waals surface area contributed by atoms with Crippen LogP contribution in [0, 0.1) is 0 Å². The first kappa shape index (κ1) is 18.6. The van der Waals surface area contributed by atoms with Gasteiger partial charge in [0.05, 0.1) is 12.6 Å². The lowest BCUT2D eigenvalue weighted by Crippen LogP contribution is -2.53. The lowest BCUT2D eigenvalue weighted by molar-refractivity contribution is -0.121. The second kappa shape index (κ2) is 8.94. The number of β-amino-alcohol motifs (C(OH)–C–C–N with tert-alkyl or cyclic N) is 1. The van der Waals surface area contributed by atoms with Gasteiger partial charge in [-0.1, -0.05) is 48.5 Å². The molecule has 1 fully saturated rings. The van der Waals surface area contributed by atoms with Gasteiger partial charge < -0.3 is 10.4 Å². The number of carbonyl (C=O) groups is 1. The Hall–Kier alpha value is -2.21. The molecule has 2 aromatic rings. The molecule has 5 nitrogen and oxygen atoms in total. The van der Waals surface area contributed by atoms with Gasteiger partial charge in [0.25, 0.3) is 0 Å². The Morgan fingerprint density at radius 2 is 1.69 bits per heavy atom. The van der Waals surface area contributed by atoms with E-state index in [1.165, 1.54) is 0 Å². The van der Waals surface area contributed by atoms with E-state index in [0.29, 0.717) is 6.54 Å². The SMILES string of the molecule is CC(C(=O)Nc1ccccc1-c1ccccc1)N1CCN(CCO)CC1. The van der Waals surface area contributed by atoms with Crippen LogP contribution in [0.3, 0.4) is 0 Å². The summed E-state index contributed by atoms with van der Waals surface area (Å²) >= 11 is 0. The first-order chi connectivity index (χ1) is 12.7. The first-order valence-electron chi connectivity index (χ1n) is 9.21. The molecule has 1 amide bonds. The van der Waals surface area contributed by atoms with E-state index in [2.05, 4.69) is 27.2 Å². The zero-order chi connectivity index (χ0) is 18.4. The number of nitrogens with zero attached hydrogens (tertiary/aromatic N) is 2. The molecule has 1 unspecified atom stereocenters. The summed E-state index contributed by atoms with van der Waals surface area (Å²) in [6.07, 6.45) is 0. The van der Waals surface area contributed by atoms with E-state index in [9.17, 15) is 4.79 Å². The van der Waals surface area contributed by atoms with Crippen molar-refractivity contribution in [3.8, 4) is 11.1 Å². The maximum absolute atomic E-state index is 12.8. The highest BCUT2D eigenvalue weighted by atomic mass is 16.3. The Morgan fingerprint density at radius 1 is 1.04 bits per heavy atom. The van der Waals surface area contributed by atoms with E-state index in [1.54, 1.807) is 0 Å². The lowest BCUT2D eigenvalue weighted by Gasteiger charge is -2.37. The third-order valence-electron chi connectivity index (χ3n) is 5.02. The molecule has 0 saturated carbocycles. The van der Waals surface area contributed by atoms with E-state index >= 15 is 0 Å². The van der Waals surface area contributed by atoms with Gasteiger partial charge in [0.2, 0.25) is 5.91 Å². The molecule has 1 saturated heterocycles. The van der Waals surface area contributed by atoms with Crippen LogP contribution in [0.5, 0.6) is 0 Å².